The first-order valence-corrected chi connectivity index (χ1v) is 8.11. The van der Waals surface area contributed by atoms with Crippen LogP contribution in [0.3, 0.4) is 0 Å². The second-order valence-electron chi connectivity index (χ2n) is 4.39. The molecule has 0 aliphatic heterocycles. The highest BCUT2D eigenvalue weighted by Gasteiger charge is 2.07. The van der Waals surface area contributed by atoms with Crippen LogP contribution in [0.2, 0.25) is 0 Å². The number of benzene rings is 2. The maximum atomic E-state index is 11.9. The third-order valence-corrected chi connectivity index (χ3v) is 4.37. The number of thioether (sulfide) groups is 1. The van der Waals surface area contributed by atoms with Crippen LogP contribution in [-0.4, -0.2) is 21.6 Å². The molecular weight excluding hydrogens is 350 g/mol. The number of halogens is 1. The number of nitrogens with one attached hydrogen (secondary N) is 2. The summed E-state index contributed by atoms with van der Waals surface area (Å²) in [7, 11) is 0. The number of hydrogen-bond donors (Lipinski definition) is 2. The maximum Gasteiger partial charge on any atom is 0.237 e. The van der Waals surface area contributed by atoms with Gasteiger partial charge in [-0.3, -0.25) is 10.1 Å². The molecule has 106 valence electrons. The summed E-state index contributed by atoms with van der Waals surface area (Å²) >= 11 is 4.87. The molecule has 0 radical (unpaired) electrons. The summed E-state index contributed by atoms with van der Waals surface area (Å²) in [5.41, 5.74) is 1.75. The molecule has 0 saturated carbocycles. The fraction of sp³-hybridized carbons (Fsp3) is 0.0667. The van der Waals surface area contributed by atoms with Crippen LogP contribution in [0.25, 0.3) is 11.0 Å². The number of carbonyl (C=O) groups is 1. The number of amides is 1. The van der Waals surface area contributed by atoms with E-state index in [9.17, 15) is 4.79 Å². The van der Waals surface area contributed by atoms with E-state index in [1.165, 1.54) is 11.8 Å². The highest BCUT2D eigenvalue weighted by atomic mass is 79.9. The Labute approximate surface area is 134 Å². The topological polar surface area (TPSA) is 57.8 Å². The summed E-state index contributed by atoms with van der Waals surface area (Å²) in [4.78, 5) is 20.4. The summed E-state index contributed by atoms with van der Waals surface area (Å²) in [6.07, 6.45) is 0. The lowest BCUT2D eigenvalue weighted by Crippen LogP contribution is -2.14. The van der Waals surface area contributed by atoms with Crippen molar-refractivity contribution in [2.45, 2.75) is 4.90 Å². The van der Waals surface area contributed by atoms with Crippen molar-refractivity contribution in [2.24, 2.45) is 0 Å². The first-order chi connectivity index (χ1) is 10.2. The standard InChI is InChI=1S/C15H12BrN3OS/c16-10-5-7-11(8-6-10)21-9-14(20)19-15-17-12-3-1-2-4-13(12)18-15/h1-8H,9H2,(H2,17,18,19,20). The number of fused-ring (bicyclic) bond motifs is 1. The molecule has 1 amide bonds. The molecule has 0 fully saturated rings. The fourth-order valence-corrected chi connectivity index (χ4v) is 2.82. The zero-order chi connectivity index (χ0) is 14.7. The molecule has 1 aromatic heterocycles. The Balaban J connectivity index is 1.59. The van der Waals surface area contributed by atoms with Crippen LogP contribution in [0.1, 0.15) is 0 Å². The van der Waals surface area contributed by atoms with E-state index in [2.05, 4.69) is 31.2 Å². The molecule has 0 atom stereocenters. The quantitative estimate of drug-likeness (QED) is 0.689. The van der Waals surface area contributed by atoms with E-state index in [1.807, 2.05) is 48.5 Å². The molecule has 3 aromatic rings. The molecule has 1 heterocycles. The fourth-order valence-electron chi connectivity index (χ4n) is 1.86. The second kappa shape index (κ2) is 6.32. The van der Waals surface area contributed by atoms with Crippen LogP contribution in [0.5, 0.6) is 0 Å². The van der Waals surface area contributed by atoms with Gasteiger partial charge in [0.15, 0.2) is 0 Å². The number of carbonyl (C=O) groups excluding carboxylic acids is 1. The second-order valence-corrected chi connectivity index (χ2v) is 6.36. The smallest absolute Gasteiger partial charge is 0.237 e. The van der Waals surface area contributed by atoms with E-state index in [1.54, 1.807) is 0 Å². The van der Waals surface area contributed by atoms with Crippen molar-refractivity contribution in [1.29, 1.82) is 0 Å². The van der Waals surface area contributed by atoms with Gasteiger partial charge in [-0.05, 0) is 36.4 Å². The molecule has 0 unspecified atom stereocenters. The Hall–Kier alpha value is -1.79. The largest absolute Gasteiger partial charge is 0.324 e. The molecule has 0 aliphatic rings. The number of H-pyrrole nitrogens is 1. The summed E-state index contributed by atoms with van der Waals surface area (Å²) in [5, 5.41) is 2.78. The van der Waals surface area contributed by atoms with Crippen LogP contribution in [0.4, 0.5) is 5.95 Å². The summed E-state index contributed by atoms with van der Waals surface area (Å²) in [5.74, 6) is 0.748. The number of para-hydroxylation sites is 2. The minimum absolute atomic E-state index is 0.0815. The zero-order valence-electron chi connectivity index (χ0n) is 11.0. The Morgan fingerprint density at radius 1 is 1.19 bits per heavy atom. The van der Waals surface area contributed by atoms with Crippen LogP contribution in [-0.2, 0) is 4.79 Å². The summed E-state index contributed by atoms with van der Waals surface area (Å²) in [6.45, 7) is 0. The highest BCUT2D eigenvalue weighted by Crippen LogP contribution is 2.21. The molecule has 21 heavy (non-hydrogen) atoms. The predicted octanol–water partition coefficient (Wildman–Crippen LogP) is 4.06. The van der Waals surface area contributed by atoms with Gasteiger partial charge in [-0.2, -0.15) is 0 Å². The maximum absolute atomic E-state index is 11.9. The number of nitrogens with zero attached hydrogens (tertiary/aromatic N) is 1. The Bertz CT molecular complexity index is 737. The Morgan fingerprint density at radius 3 is 2.71 bits per heavy atom. The molecule has 6 heteroatoms. The van der Waals surface area contributed by atoms with Gasteiger partial charge in [0.1, 0.15) is 0 Å². The van der Waals surface area contributed by atoms with Crippen molar-refractivity contribution in [2.75, 3.05) is 11.1 Å². The van der Waals surface area contributed by atoms with E-state index in [0.29, 0.717) is 11.7 Å². The van der Waals surface area contributed by atoms with Gasteiger partial charge < -0.3 is 4.98 Å². The molecular formula is C15H12BrN3OS. The van der Waals surface area contributed by atoms with Gasteiger partial charge in [0.25, 0.3) is 0 Å². The zero-order valence-corrected chi connectivity index (χ0v) is 13.4. The van der Waals surface area contributed by atoms with Crippen molar-refractivity contribution in [1.82, 2.24) is 9.97 Å². The van der Waals surface area contributed by atoms with Crippen molar-refractivity contribution in [3.05, 3.63) is 53.0 Å². The van der Waals surface area contributed by atoms with Crippen molar-refractivity contribution >= 4 is 50.6 Å². The lowest BCUT2D eigenvalue weighted by molar-refractivity contribution is -0.113. The van der Waals surface area contributed by atoms with Crippen LogP contribution in [0.15, 0.2) is 57.9 Å². The number of imidazole rings is 1. The molecule has 4 nitrogen and oxygen atoms in total. The Morgan fingerprint density at radius 2 is 1.95 bits per heavy atom. The first-order valence-electron chi connectivity index (χ1n) is 6.34. The number of hydrogen-bond acceptors (Lipinski definition) is 3. The minimum atomic E-state index is -0.0815. The normalized spacial score (nSPS) is 10.7. The molecule has 0 spiro atoms. The van der Waals surface area contributed by atoms with Gasteiger partial charge in [-0.15, -0.1) is 11.8 Å². The molecule has 2 aromatic carbocycles. The van der Waals surface area contributed by atoms with Gasteiger partial charge in [-0.25, -0.2) is 4.98 Å². The average Bonchev–Trinajstić information content (AvgIpc) is 2.88. The van der Waals surface area contributed by atoms with Gasteiger partial charge in [-0.1, -0.05) is 28.1 Å². The van der Waals surface area contributed by atoms with E-state index < -0.39 is 0 Å². The van der Waals surface area contributed by atoms with Crippen LogP contribution in [0, 0.1) is 0 Å². The van der Waals surface area contributed by atoms with Crippen LogP contribution >= 0.6 is 27.7 Å². The lowest BCUT2D eigenvalue weighted by atomic mass is 10.3. The van der Waals surface area contributed by atoms with E-state index in [0.717, 1.165) is 20.4 Å². The third kappa shape index (κ3) is 3.65. The Kier molecular flexibility index (Phi) is 4.26. The van der Waals surface area contributed by atoms with E-state index in [-0.39, 0.29) is 5.91 Å². The first kappa shape index (κ1) is 14.2. The number of aromatic nitrogens is 2. The number of rotatable bonds is 4. The van der Waals surface area contributed by atoms with Gasteiger partial charge in [0.2, 0.25) is 11.9 Å². The SMILES string of the molecule is O=C(CSc1ccc(Br)cc1)Nc1nc2ccccc2[nH]1. The van der Waals surface area contributed by atoms with E-state index in [4.69, 9.17) is 0 Å². The third-order valence-electron chi connectivity index (χ3n) is 2.83. The summed E-state index contributed by atoms with van der Waals surface area (Å²) < 4.78 is 1.03. The predicted molar refractivity (Wildman–Crippen MR) is 89.6 cm³/mol. The highest BCUT2D eigenvalue weighted by molar-refractivity contribution is 9.10. The van der Waals surface area contributed by atoms with E-state index >= 15 is 0 Å². The van der Waals surface area contributed by atoms with Crippen molar-refractivity contribution < 1.29 is 4.79 Å². The number of anilines is 1. The molecule has 2 N–H and O–H groups in total. The van der Waals surface area contributed by atoms with Gasteiger partial charge >= 0.3 is 0 Å². The monoisotopic (exact) mass is 361 g/mol. The molecule has 3 rings (SSSR count). The summed E-state index contributed by atoms with van der Waals surface area (Å²) in [6, 6.07) is 15.5. The van der Waals surface area contributed by atoms with Crippen molar-refractivity contribution in [3.8, 4) is 0 Å². The average molecular weight is 362 g/mol. The van der Waals surface area contributed by atoms with Crippen molar-refractivity contribution in [3.63, 3.8) is 0 Å². The van der Waals surface area contributed by atoms with Gasteiger partial charge in [0.05, 0.1) is 16.8 Å². The molecule has 0 aliphatic carbocycles. The van der Waals surface area contributed by atoms with Gasteiger partial charge in [0, 0.05) is 9.37 Å². The molecule has 0 saturated heterocycles. The lowest BCUT2D eigenvalue weighted by Gasteiger charge is -2.02. The minimum Gasteiger partial charge on any atom is -0.324 e. The van der Waals surface area contributed by atoms with Crippen LogP contribution < -0.4 is 5.32 Å². The number of aromatic amines is 1. The molecule has 0 bridgehead atoms.